The zero-order chi connectivity index (χ0) is 18.7. The molecule has 3 aliphatic rings. The number of hydrogen-bond donors (Lipinski definition) is 2. The Morgan fingerprint density at radius 2 is 1.73 bits per heavy atom. The van der Waals surface area contributed by atoms with Crippen molar-refractivity contribution < 1.29 is 14.6 Å². The molecule has 0 aromatic heterocycles. The molecule has 2 N–H and O–H groups in total. The fourth-order valence-corrected chi connectivity index (χ4v) is 4.57. The Balaban J connectivity index is 1.40. The van der Waals surface area contributed by atoms with E-state index in [4.69, 9.17) is 4.74 Å². The van der Waals surface area contributed by atoms with E-state index in [2.05, 4.69) is 10.2 Å². The van der Waals surface area contributed by atoms with Crippen molar-refractivity contribution in [3.05, 3.63) is 0 Å². The third-order valence-corrected chi connectivity index (χ3v) is 6.04. The highest BCUT2D eigenvalue weighted by Crippen LogP contribution is 2.24. The van der Waals surface area contributed by atoms with Crippen LogP contribution in [0.15, 0.2) is 0 Å². The Kier molecular flexibility index (Phi) is 6.46. The van der Waals surface area contributed by atoms with Gasteiger partial charge < -0.3 is 20.1 Å². The number of nitrogens with one attached hydrogen (secondary N) is 1. The van der Waals surface area contributed by atoms with Gasteiger partial charge in [0.05, 0.1) is 6.10 Å². The second-order valence-corrected chi connectivity index (χ2v) is 9.30. The normalized spacial score (nSPS) is 32.0. The smallest absolute Gasteiger partial charge is 0.410 e. The lowest BCUT2D eigenvalue weighted by Gasteiger charge is -2.39. The maximum Gasteiger partial charge on any atom is 0.410 e. The molecule has 0 spiro atoms. The minimum atomic E-state index is -0.428. The standard InChI is InChI=1S/C20H37N3O3/c1-20(2,3)26-19(25)23-13-10-16(14-23)22-11-8-15(9-12-22)21-17-6-4-5-7-18(17)24/h15-18,21,24H,4-14H2,1-3H3/t16-,17-,18-/m0/s1. The van der Waals surface area contributed by atoms with Crippen LogP contribution in [0, 0.1) is 0 Å². The van der Waals surface area contributed by atoms with Crippen LogP contribution in [0.3, 0.4) is 0 Å². The van der Waals surface area contributed by atoms with Crippen LogP contribution in [0.25, 0.3) is 0 Å². The summed E-state index contributed by atoms with van der Waals surface area (Å²) in [6.07, 6.45) is 7.40. The number of rotatable bonds is 3. The summed E-state index contributed by atoms with van der Waals surface area (Å²) in [5.74, 6) is 0. The van der Waals surface area contributed by atoms with Gasteiger partial charge in [0, 0.05) is 31.2 Å². The van der Waals surface area contributed by atoms with Crippen molar-refractivity contribution in [2.24, 2.45) is 0 Å². The molecule has 0 bridgehead atoms. The van der Waals surface area contributed by atoms with Crippen LogP contribution in [0.2, 0.25) is 0 Å². The first-order valence-electron chi connectivity index (χ1n) is 10.5. The molecule has 3 fully saturated rings. The van der Waals surface area contributed by atoms with Gasteiger partial charge in [-0.1, -0.05) is 12.8 Å². The van der Waals surface area contributed by atoms with Gasteiger partial charge in [-0.3, -0.25) is 4.90 Å². The fourth-order valence-electron chi connectivity index (χ4n) is 4.57. The van der Waals surface area contributed by atoms with E-state index in [9.17, 15) is 9.90 Å². The molecular weight excluding hydrogens is 330 g/mol. The van der Waals surface area contributed by atoms with Crippen molar-refractivity contribution in [1.29, 1.82) is 0 Å². The monoisotopic (exact) mass is 367 g/mol. The number of carbonyl (C=O) groups excluding carboxylic acids is 1. The van der Waals surface area contributed by atoms with Crippen LogP contribution < -0.4 is 5.32 Å². The number of aliphatic hydroxyl groups excluding tert-OH is 1. The quantitative estimate of drug-likeness (QED) is 0.802. The van der Waals surface area contributed by atoms with Gasteiger partial charge in [-0.05, 0) is 66.0 Å². The third kappa shape index (κ3) is 5.33. The molecule has 2 heterocycles. The van der Waals surface area contributed by atoms with Crippen LogP contribution >= 0.6 is 0 Å². The van der Waals surface area contributed by atoms with Crippen molar-refractivity contribution in [1.82, 2.24) is 15.1 Å². The van der Waals surface area contributed by atoms with E-state index in [0.29, 0.717) is 12.1 Å². The molecule has 1 saturated carbocycles. The van der Waals surface area contributed by atoms with Crippen molar-refractivity contribution >= 4 is 6.09 Å². The zero-order valence-corrected chi connectivity index (χ0v) is 16.7. The molecule has 26 heavy (non-hydrogen) atoms. The number of likely N-dealkylation sites (tertiary alicyclic amines) is 2. The number of aliphatic hydroxyl groups is 1. The van der Waals surface area contributed by atoms with Crippen LogP contribution in [-0.4, -0.2) is 77.0 Å². The molecule has 2 aliphatic heterocycles. The Hall–Kier alpha value is -0.850. The molecule has 2 saturated heterocycles. The lowest BCUT2D eigenvalue weighted by molar-refractivity contribution is 0.0273. The van der Waals surface area contributed by atoms with E-state index in [0.717, 1.165) is 64.7 Å². The van der Waals surface area contributed by atoms with Crippen LogP contribution in [0.5, 0.6) is 0 Å². The van der Waals surface area contributed by atoms with Crippen molar-refractivity contribution in [2.75, 3.05) is 26.2 Å². The average Bonchev–Trinajstić information content (AvgIpc) is 3.06. The molecule has 6 heteroatoms. The molecule has 1 amide bonds. The summed E-state index contributed by atoms with van der Waals surface area (Å²) >= 11 is 0. The minimum Gasteiger partial charge on any atom is -0.444 e. The number of carbonyl (C=O) groups is 1. The first kappa shape index (κ1) is 19.9. The number of amides is 1. The number of piperidine rings is 1. The molecule has 3 rings (SSSR count). The lowest BCUT2D eigenvalue weighted by atomic mass is 9.91. The Morgan fingerprint density at radius 1 is 1.04 bits per heavy atom. The second kappa shape index (κ2) is 8.44. The predicted molar refractivity (Wildman–Crippen MR) is 102 cm³/mol. The summed E-state index contributed by atoms with van der Waals surface area (Å²) in [4.78, 5) is 16.6. The summed E-state index contributed by atoms with van der Waals surface area (Å²) in [7, 11) is 0. The van der Waals surface area contributed by atoms with Gasteiger partial charge in [0.25, 0.3) is 0 Å². The first-order chi connectivity index (χ1) is 12.3. The topological polar surface area (TPSA) is 65.0 Å². The number of hydrogen-bond acceptors (Lipinski definition) is 5. The molecule has 0 aromatic carbocycles. The molecule has 3 atom stereocenters. The predicted octanol–water partition coefficient (Wildman–Crippen LogP) is 2.35. The van der Waals surface area contributed by atoms with Gasteiger partial charge in [0.2, 0.25) is 0 Å². The van der Waals surface area contributed by atoms with E-state index in [1.807, 2.05) is 25.7 Å². The van der Waals surface area contributed by atoms with Gasteiger partial charge in [-0.2, -0.15) is 0 Å². The highest BCUT2D eigenvalue weighted by Gasteiger charge is 2.35. The summed E-state index contributed by atoms with van der Waals surface area (Å²) in [6, 6.07) is 1.27. The summed E-state index contributed by atoms with van der Waals surface area (Å²) < 4.78 is 5.50. The first-order valence-corrected chi connectivity index (χ1v) is 10.5. The largest absolute Gasteiger partial charge is 0.444 e. The van der Waals surface area contributed by atoms with E-state index in [-0.39, 0.29) is 18.2 Å². The second-order valence-electron chi connectivity index (χ2n) is 9.30. The molecule has 0 unspecified atom stereocenters. The van der Waals surface area contributed by atoms with Crippen LogP contribution in [0.4, 0.5) is 4.79 Å². The Morgan fingerprint density at radius 3 is 2.38 bits per heavy atom. The molecule has 1 aliphatic carbocycles. The molecular formula is C20H37N3O3. The summed E-state index contributed by atoms with van der Waals surface area (Å²) in [5, 5.41) is 13.9. The van der Waals surface area contributed by atoms with E-state index >= 15 is 0 Å². The van der Waals surface area contributed by atoms with Crippen molar-refractivity contribution in [2.45, 2.75) is 95.5 Å². The maximum atomic E-state index is 12.2. The van der Waals surface area contributed by atoms with E-state index in [1.54, 1.807) is 0 Å². The van der Waals surface area contributed by atoms with Gasteiger partial charge in [0.1, 0.15) is 5.60 Å². The van der Waals surface area contributed by atoms with Crippen molar-refractivity contribution in [3.63, 3.8) is 0 Å². The molecule has 0 aromatic rings. The summed E-state index contributed by atoms with van der Waals surface area (Å²) in [5.41, 5.74) is -0.428. The van der Waals surface area contributed by atoms with Gasteiger partial charge in [0.15, 0.2) is 0 Å². The average molecular weight is 368 g/mol. The summed E-state index contributed by atoms with van der Waals surface area (Å²) in [6.45, 7) is 9.49. The SMILES string of the molecule is CC(C)(C)OC(=O)N1CC[C@H](N2CCC(N[C@H]3CCCC[C@@H]3O)CC2)C1. The molecule has 0 radical (unpaired) electrons. The van der Waals surface area contributed by atoms with Crippen molar-refractivity contribution in [3.8, 4) is 0 Å². The lowest BCUT2D eigenvalue weighted by Crippen LogP contribution is -2.52. The highest BCUT2D eigenvalue weighted by atomic mass is 16.6. The maximum absolute atomic E-state index is 12.2. The minimum absolute atomic E-state index is 0.168. The van der Waals surface area contributed by atoms with Crippen LogP contribution in [-0.2, 0) is 4.74 Å². The molecule has 6 nitrogen and oxygen atoms in total. The van der Waals surface area contributed by atoms with Gasteiger partial charge in [-0.25, -0.2) is 4.79 Å². The number of nitrogens with zero attached hydrogens (tertiary/aromatic N) is 2. The number of ether oxygens (including phenoxy) is 1. The van der Waals surface area contributed by atoms with Gasteiger partial charge >= 0.3 is 6.09 Å². The Bertz CT molecular complexity index is 471. The fraction of sp³-hybridized carbons (Fsp3) is 0.950. The van der Waals surface area contributed by atoms with Gasteiger partial charge in [-0.15, -0.1) is 0 Å². The van der Waals surface area contributed by atoms with E-state index < -0.39 is 5.60 Å². The Labute approximate surface area is 158 Å². The highest BCUT2D eigenvalue weighted by molar-refractivity contribution is 5.68. The third-order valence-electron chi connectivity index (χ3n) is 6.04. The zero-order valence-electron chi connectivity index (χ0n) is 16.7. The molecule has 150 valence electrons. The van der Waals surface area contributed by atoms with Crippen LogP contribution in [0.1, 0.15) is 65.7 Å². The van der Waals surface area contributed by atoms with E-state index in [1.165, 1.54) is 6.42 Å².